The van der Waals surface area contributed by atoms with Gasteiger partial charge in [0, 0.05) is 6.20 Å². The Morgan fingerprint density at radius 3 is 3.00 bits per heavy atom. The summed E-state index contributed by atoms with van der Waals surface area (Å²) in [4.78, 5) is 27.5. The molecule has 1 atom stereocenters. The summed E-state index contributed by atoms with van der Waals surface area (Å²) in [6.07, 6.45) is 3.85. The molecule has 0 aromatic carbocycles. The number of nitrogens with zero attached hydrogens (tertiary/aromatic N) is 1. The van der Waals surface area contributed by atoms with Crippen molar-refractivity contribution in [2.45, 2.75) is 11.7 Å². The maximum absolute atomic E-state index is 12.0. The number of pyridine rings is 1. The third kappa shape index (κ3) is 3.27. The van der Waals surface area contributed by atoms with E-state index in [0.29, 0.717) is 10.8 Å². The fourth-order valence-corrected chi connectivity index (χ4v) is 2.80. The first-order valence-electron chi connectivity index (χ1n) is 5.48. The number of hydrogen-bond donors (Lipinski definition) is 1. The number of halogens is 1. The van der Waals surface area contributed by atoms with Crippen LogP contribution in [0.5, 0.6) is 0 Å². The lowest BCUT2D eigenvalue weighted by molar-refractivity contribution is -0.115. The van der Waals surface area contributed by atoms with Crippen molar-refractivity contribution in [1.29, 1.82) is 0 Å². The Morgan fingerprint density at radius 2 is 2.37 bits per heavy atom. The second kappa shape index (κ2) is 6.08. The van der Waals surface area contributed by atoms with Crippen molar-refractivity contribution in [1.82, 2.24) is 4.98 Å². The SMILES string of the molecule is COC(=O)c1cccnc1NC(=O)C1CC=C(Cl)S1. The van der Waals surface area contributed by atoms with Crippen LogP contribution in [-0.4, -0.2) is 29.2 Å². The number of anilines is 1. The molecule has 2 heterocycles. The number of hydrogen-bond acceptors (Lipinski definition) is 5. The Morgan fingerprint density at radius 1 is 1.58 bits per heavy atom. The average Bonchev–Trinajstić information content (AvgIpc) is 2.85. The fraction of sp³-hybridized carbons (Fsp3) is 0.250. The van der Waals surface area contributed by atoms with Crippen LogP contribution in [-0.2, 0) is 9.53 Å². The number of ether oxygens (including phenoxy) is 1. The van der Waals surface area contributed by atoms with Crippen LogP contribution in [0.4, 0.5) is 5.82 Å². The van der Waals surface area contributed by atoms with Gasteiger partial charge in [0.25, 0.3) is 0 Å². The predicted molar refractivity (Wildman–Crippen MR) is 74.1 cm³/mol. The topological polar surface area (TPSA) is 68.3 Å². The Hall–Kier alpha value is -1.53. The first-order chi connectivity index (χ1) is 9.11. The molecular formula is C12H11ClN2O3S. The molecule has 1 aromatic heterocycles. The van der Waals surface area contributed by atoms with Crippen LogP contribution in [0, 0.1) is 0 Å². The third-order valence-corrected chi connectivity index (χ3v) is 4.00. The molecule has 1 aliphatic rings. The van der Waals surface area contributed by atoms with Gasteiger partial charge in [-0.2, -0.15) is 0 Å². The highest BCUT2D eigenvalue weighted by atomic mass is 35.5. The molecule has 0 radical (unpaired) electrons. The summed E-state index contributed by atoms with van der Waals surface area (Å²) in [6, 6.07) is 3.14. The highest BCUT2D eigenvalue weighted by Crippen LogP contribution is 2.35. The van der Waals surface area contributed by atoms with Crippen molar-refractivity contribution in [3.8, 4) is 0 Å². The van der Waals surface area contributed by atoms with Gasteiger partial charge < -0.3 is 10.1 Å². The van der Waals surface area contributed by atoms with Gasteiger partial charge in [0.2, 0.25) is 5.91 Å². The number of rotatable bonds is 3. The van der Waals surface area contributed by atoms with Crippen molar-refractivity contribution in [3.63, 3.8) is 0 Å². The molecule has 19 heavy (non-hydrogen) atoms. The molecule has 1 aromatic rings. The molecule has 0 saturated heterocycles. The molecule has 0 saturated carbocycles. The number of carbonyl (C=O) groups is 2. The first-order valence-corrected chi connectivity index (χ1v) is 6.74. The van der Waals surface area contributed by atoms with E-state index in [9.17, 15) is 9.59 Å². The second-order valence-corrected chi connectivity index (χ2v) is 5.61. The lowest BCUT2D eigenvalue weighted by Gasteiger charge is -2.11. The lowest BCUT2D eigenvalue weighted by Crippen LogP contribution is -2.25. The smallest absolute Gasteiger partial charge is 0.341 e. The quantitative estimate of drug-likeness (QED) is 0.868. The van der Waals surface area contributed by atoms with Gasteiger partial charge in [-0.15, -0.1) is 11.8 Å². The van der Waals surface area contributed by atoms with Crippen molar-refractivity contribution in [2.24, 2.45) is 0 Å². The van der Waals surface area contributed by atoms with Crippen LogP contribution >= 0.6 is 23.4 Å². The van der Waals surface area contributed by atoms with Crippen LogP contribution in [0.25, 0.3) is 0 Å². The summed E-state index contributed by atoms with van der Waals surface area (Å²) < 4.78 is 5.24. The summed E-state index contributed by atoms with van der Waals surface area (Å²) in [5, 5.41) is 2.33. The maximum Gasteiger partial charge on any atom is 0.341 e. The molecule has 0 fully saturated rings. The number of aromatic nitrogens is 1. The fourth-order valence-electron chi connectivity index (χ4n) is 1.57. The van der Waals surface area contributed by atoms with Crippen molar-refractivity contribution < 1.29 is 14.3 Å². The highest BCUT2D eigenvalue weighted by Gasteiger charge is 2.25. The Kier molecular flexibility index (Phi) is 4.44. The summed E-state index contributed by atoms with van der Waals surface area (Å²) in [5.74, 6) is -0.581. The number of esters is 1. The number of carbonyl (C=O) groups excluding carboxylic acids is 2. The minimum absolute atomic E-state index is 0.197. The van der Waals surface area contributed by atoms with E-state index < -0.39 is 5.97 Å². The molecule has 7 heteroatoms. The predicted octanol–water partition coefficient (Wildman–Crippen LogP) is 2.39. The first kappa shape index (κ1) is 13.9. The molecular weight excluding hydrogens is 288 g/mol. The van der Waals surface area contributed by atoms with Gasteiger partial charge in [-0.1, -0.05) is 17.7 Å². The highest BCUT2D eigenvalue weighted by molar-refractivity contribution is 8.06. The molecule has 1 N–H and O–H groups in total. The average molecular weight is 299 g/mol. The van der Waals surface area contributed by atoms with Gasteiger partial charge in [-0.3, -0.25) is 4.79 Å². The van der Waals surface area contributed by atoms with E-state index in [1.807, 2.05) is 0 Å². The number of methoxy groups -OCH3 is 1. The van der Waals surface area contributed by atoms with Crippen LogP contribution in [0.3, 0.4) is 0 Å². The number of allylic oxidation sites excluding steroid dienone is 1. The number of thioether (sulfide) groups is 1. The van der Waals surface area contributed by atoms with Crippen LogP contribution < -0.4 is 5.32 Å². The van der Waals surface area contributed by atoms with Gasteiger partial charge in [0.15, 0.2) is 0 Å². The van der Waals surface area contributed by atoms with Crippen molar-refractivity contribution >= 4 is 41.1 Å². The third-order valence-electron chi connectivity index (χ3n) is 2.49. The van der Waals surface area contributed by atoms with Crippen LogP contribution in [0.2, 0.25) is 0 Å². The molecule has 2 rings (SSSR count). The summed E-state index contributed by atoms with van der Waals surface area (Å²) in [5.41, 5.74) is 0.223. The van der Waals surface area contributed by atoms with E-state index in [0.717, 1.165) is 0 Å². The number of nitrogens with one attached hydrogen (secondary N) is 1. The minimum Gasteiger partial charge on any atom is -0.465 e. The normalized spacial score (nSPS) is 17.8. The second-order valence-electron chi connectivity index (χ2n) is 3.73. The minimum atomic E-state index is -0.543. The molecule has 0 aliphatic carbocycles. The van der Waals surface area contributed by atoms with E-state index in [1.165, 1.54) is 25.1 Å². The Bertz CT molecular complexity index is 548. The van der Waals surface area contributed by atoms with E-state index in [-0.39, 0.29) is 22.5 Å². The number of amides is 1. The largest absolute Gasteiger partial charge is 0.465 e. The van der Waals surface area contributed by atoms with Gasteiger partial charge >= 0.3 is 5.97 Å². The molecule has 100 valence electrons. The summed E-state index contributed by atoms with van der Waals surface area (Å²) in [6.45, 7) is 0. The van der Waals surface area contributed by atoms with Crippen molar-refractivity contribution in [2.75, 3.05) is 12.4 Å². The molecule has 1 amide bonds. The molecule has 1 aliphatic heterocycles. The van der Waals surface area contributed by atoms with E-state index >= 15 is 0 Å². The summed E-state index contributed by atoms with van der Waals surface area (Å²) >= 11 is 7.10. The van der Waals surface area contributed by atoms with Crippen LogP contribution in [0.1, 0.15) is 16.8 Å². The van der Waals surface area contributed by atoms with E-state index in [4.69, 9.17) is 11.6 Å². The lowest BCUT2D eigenvalue weighted by atomic mass is 10.2. The van der Waals surface area contributed by atoms with Gasteiger partial charge in [0.05, 0.1) is 16.7 Å². The molecule has 0 spiro atoms. The standard InChI is InChI=1S/C12H11ClN2O3S/c1-18-12(17)7-3-2-6-14-10(7)15-11(16)8-4-5-9(13)19-8/h2-3,5-6,8H,4H2,1H3,(H,14,15,16). The molecule has 1 unspecified atom stereocenters. The van der Waals surface area contributed by atoms with Crippen LogP contribution in [0.15, 0.2) is 28.8 Å². The monoisotopic (exact) mass is 298 g/mol. The van der Waals surface area contributed by atoms with Gasteiger partial charge in [-0.25, -0.2) is 9.78 Å². The van der Waals surface area contributed by atoms with E-state index in [1.54, 1.807) is 18.2 Å². The van der Waals surface area contributed by atoms with Crippen molar-refractivity contribution in [3.05, 3.63) is 34.3 Å². The molecule has 5 nitrogen and oxygen atoms in total. The van der Waals surface area contributed by atoms with Gasteiger partial charge in [-0.05, 0) is 18.6 Å². The zero-order chi connectivity index (χ0) is 13.8. The van der Waals surface area contributed by atoms with Gasteiger partial charge in [0.1, 0.15) is 11.4 Å². The zero-order valence-corrected chi connectivity index (χ0v) is 11.6. The van der Waals surface area contributed by atoms with E-state index in [2.05, 4.69) is 15.0 Å². The zero-order valence-electron chi connectivity index (χ0n) is 10.1. The Labute approximate surface area is 119 Å². The maximum atomic E-state index is 12.0. The summed E-state index contributed by atoms with van der Waals surface area (Å²) in [7, 11) is 1.28. The molecule has 0 bridgehead atoms. The Balaban J connectivity index is 2.11.